The molecule has 0 radical (unpaired) electrons. The zero-order chi connectivity index (χ0) is 22.1. The molecule has 0 aliphatic carbocycles. The van der Waals surface area contributed by atoms with E-state index in [4.69, 9.17) is 27.6 Å². The van der Waals surface area contributed by atoms with Gasteiger partial charge in [0.25, 0.3) is 5.91 Å². The number of likely N-dealkylation sites (tertiary alicyclic amines) is 1. The Hall–Kier alpha value is -2.25. The Morgan fingerprint density at radius 2 is 1.97 bits per heavy atom. The molecule has 1 unspecified atom stereocenters. The van der Waals surface area contributed by atoms with Crippen LogP contribution in [0.2, 0.25) is 10.0 Å². The minimum absolute atomic E-state index is 0.153. The molecule has 4 rings (SSSR count). The van der Waals surface area contributed by atoms with Crippen molar-refractivity contribution >= 4 is 40.2 Å². The lowest BCUT2D eigenvalue weighted by Gasteiger charge is -2.20. The van der Waals surface area contributed by atoms with Gasteiger partial charge in [0, 0.05) is 31.1 Å². The van der Waals surface area contributed by atoms with Crippen molar-refractivity contribution in [1.82, 2.24) is 9.88 Å². The zero-order valence-electron chi connectivity index (χ0n) is 16.3. The second-order valence-electron chi connectivity index (χ2n) is 7.15. The number of aromatic nitrogens is 1. The number of carbonyl (C=O) groups is 1. The predicted molar refractivity (Wildman–Crippen MR) is 110 cm³/mol. The largest absolute Gasteiger partial charge is 0.441 e. The predicted octanol–water partition coefficient (Wildman–Crippen LogP) is 6.63. The fourth-order valence-corrected chi connectivity index (χ4v) is 3.69. The van der Waals surface area contributed by atoms with Crippen LogP contribution >= 0.6 is 23.2 Å². The summed E-state index contributed by atoms with van der Waals surface area (Å²) in [5.74, 6) is 0.338. The lowest BCUT2D eigenvalue weighted by molar-refractivity contribution is -0.138. The molecule has 30 heavy (non-hydrogen) atoms. The van der Waals surface area contributed by atoms with E-state index in [0.717, 1.165) is 23.6 Å². The number of fused-ring (bicyclic) bond motifs is 1. The summed E-state index contributed by atoms with van der Waals surface area (Å²) in [6.45, 7) is 4.72. The number of alkyl halides is 3. The lowest BCUT2D eigenvalue weighted by atomic mass is 10.1. The molecule has 1 aromatic heterocycles. The number of benzene rings is 2. The summed E-state index contributed by atoms with van der Waals surface area (Å²) in [5, 5.41) is 0.521. The molecule has 2 aromatic carbocycles. The van der Waals surface area contributed by atoms with Crippen molar-refractivity contribution in [3.63, 3.8) is 0 Å². The van der Waals surface area contributed by atoms with E-state index < -0.39 is 23.2 Å². The Morgan fingerprint density at radius 1 is 1.23 bits per heavy atom. The maximum absolute atomic E-state index is 12.9. The highest BCUT2D eigenvalue weighted by molar-refractivity contribution is 6.34. The Bertz CT molecular complexity index is 1070. The Morgan fingerprint density at radius 3 is 2.60 bits per heavy atom. The highest BCUT2D eigenvalue weighted by atomic mass is 35.5. The van der Waals surface area contributed by atoms with Gasteiger partial charge in [0.1, 0.15) is 5.52 Å². The van der Waals surface area contributed by atoms with Crippen molar-refractivity contribution in [2.75, 3.05) is 13.1 Å². The molecular weight excluding hydrogens is 440 g/mol. The maximum Gasteiger partial charge on any atom is 0.417 e. The van der Waals surface area contributed by atoms with Gasteiger partial charge in [0.2, 0.25) is 0 Å². The molecule has 1 saturated heterocycles. The van der Waals surface area contributed by atoms with Crippen LogP contribution in [-0.2, 0) is 6.18 Å². The molecule has 1 aliphatic rings. The van der Waals surface area contributed by atoms with Crippen molar-refractivity contribution in [3.8, 4) is 0 Å². The zero-order valence-corrected chi connectivity index (χ0v) is 17.8. The topological polar surface area (TPSA) is 46.3 Å². The number of aryl methyl sites for hydroxylation is 1. The van der Waals surface area contributed by atoms with E-state index in [0.29, 0.717) is 29.9 Å². The molecule has 0 spiro atoms. The van der Waals surface area contributed by atoms with Crippen molar-refractivity contribution in [3.05, 3.63) is 63.5 Å². The second-order valence-corrected chi connectivity index (χ2v) is 7.99. The van der Waals surface area contributed by atoms with Crippen molar-refractivity contribution < 1.29 is 22.4 Å². The number of carbonyl (C=O) groups excluding carboxylic acids is 1. The molecular formula is C21H19Cl2F3N2O2. The number of rotatable bonds is 1. The van der Waals surface area contributed by atoms with Crippen LogP contribution in [0.4, 0.5) is 13.2 Å². The van der Waals surface area contributed by atoms with Crippen LogP contribution < -0.4 is 0 Å². The third kappa shape index (κ3) is 5.08. The summed E-state index contributed by atoms with van der Waals surface area (Å²) < 4.78 is 44.0. The number of amides is 1. The molecule has 0 N–H and O–H groups in total. The molecule has 1 aliphatic heterocycles. The highest BCUT2D eigenvalue weighted by Crippen LogP contribution is 2.36. The first-order valence-electron chi connectivity index (χ1n) is 9.24. The normalized spacial score (nSPS) is 16.5. The van der Waals surface area contributed by atoms with Gasteiger partial charge in [0.15, 0.2) is 11.5 Å². The van der Waals surface area contributed by atoms with Gasteiger partial charge < -0.3 is 9.32 Å². The lowest BCUT2D eigenvalue weighted by Crippen LogP contribution is -2.30. The smallest absolute Gasteiger partial charge is 0.417 e. The van der Waals surface area contributed by atoms with E-state index in [2.05, 4.69) is 4.98 Å². The number of nitrogens with zero attached hydrogens (tertiary/aromatic N) is 2. The van der Waals surface area contributed by atoms with Gasteiger partial charge in [-0.3, -0.25) is 4.79 Å². The minimum atomic E-state index is -4.58. The van der Waals surface area contributed by atoms with Crippen LogP contribution in [0.15, 0.2) is 40.8 Å². The van der Waals surface area contributed by atoms with Gasteiger partial charge >= 0.3 is 6.18 Å². The number of halogens is 5. The van der Waals surface area contributed by atoms with Crippen molar-refractivity contribution in [2.45, 2.75) is 26.4 Å². The van der Waals surface area contributed by atoms with Gasteiger partial charge in [0.05, 0.1) is 16.1 Å². The second kappa shape index (κ2) is 8.86. The average Bonchev–Trinajstić information content (AvgIpc) is 3.25. The van der Waals surface area contributed by atoms with Gasteiger partial charge in [-0.2, -0.15) is 13.2 Å². The number of oxazole rings is 1. The SMILES string of the molecule is CC1CCN(C(=O)c2c(Cl)cccc2C(F)(F)F)C1.Cc1nc2ccc(Cl)cc2o1. The first-order chi connectivity index (χ1) is 14.1. The van der Waals surface area contributed by atoms with Gasteiger partial charge in [-0.05, 0) is 36.6 Å². The monoisotopic (exact) mass is 458 g/mol. The van der Waals surface area contributed by atoms with Crippen LogP contribution in [0.5, 0.6) is 0 Å². The summed E-state index contributed by atoms with van der Waals surface area (Å²) in [6, 6.07) is 8.80. The van der Waals surface area contributed by atoms with E-state index in [1.165, 1.54) is 17.0 Å². The Labute approximate surface area is 181 Å². The molecule has 160 valence electrons. The summed E-state index contributed by atoms with van der Waals surface area (Å²) in [7, 11) is 0. The molecule has 2 heterocycles. The first-order valence-corrected chi connectivity index (χ1v) is 9.99. The summed E-state index contributed by atoms with van der Waals surface area (Å²) in [6.07, 6.45) is -3.78. The molecule has 4 nitrogen and oxygen atoms in total. The van der Waals surface area contributed by atoms with Gasteiger partial charge in [-0.25, -0.2) is 4.98 Å². The summed E-state index contributed by atoms with van der Waals surface area (Å²) in [5.41, 5.74) is 0.192. The van der Waals surface area contributed by atoms with Crippen molar-refractivity contribution in [1.29, 1.82) is 0 Å². The Balaban J connectivity index is 0.000000196. The quantitative estimate of drug-likeness (QED) is 0.410. The van der Waals surface area contributed by atoms with Crippen LogP contribution in [-0.4, -0.2) is 28.9 Å². The van der Waals surface area contributed by atoms with E-state index >= 15 is 0 Å². The molecule has 0 bridgehead atoms. The summed E-state index contributed by atoms with van der Waals surface area (Å²) >= 11 is 11.5. The van der Waals surface area contributed by atoms with E-state index in [1.54, 1.807) is 12.1 Å². The molecule has 0 saturated carbocycles. The molecule has 1 fully saturated rings. The standard InChI is InChI=1S/C13H13ClF3NO.C8H6ClNO/c1-8-5-6-18(7-8)12(19)11-9(13(15,16)17)3-2-4-10(11)14;1-5-10-7-3-2-6(9)4-8(7)11-5/h2-4,8H,5-7H2,1H3;2-4H,1H3. The van der Waals surface area contributed by atoms with Gasteiger partial charge in [-0.15, -0.1) is 0 Å². The number of hydrogen-bond acceptors (Lipinski definition) is 3. The average molecular weight is 459 g/mol. The van der Waals surface area contributed by atoms with Gasteiger partial charge in [-0.1, -0.05) is 36.2 Å². The maximum atomic E-state index is 12.9. The summed E-state index contributed by atoms with van der Waals surface area (Å²) in [4.78, 5) is 17.8. The third-order valence-corrected chi connectivity index (χ3v) is 5.25. The first kappa shape index (κ1) is 22.4. The minimum Gasteiger partial charge on any atom is -0.441 e. The Kier molecular flexibility index (Phi) is 6.62. The molecule has 1 amide bonds. The van der Waals surface area contributed by atoms with E-state index in [1.807, 2.05) is 19.9 Å². The van der Waals surface area contributed by atoms with Crippen LogP contribution in [0.3, 0.4) is 0 Å². The molecule has 1 atom stereocenters. The van der Waals surface area contributed by atoms with Crippen LogP contribution in [0.25, 0.3) is 11.1 Å². The molecule has 9 heteroatoms. The fourth-order valence-electron chi connectivity index (χ4n) is 3.27. The molecule has 3 aromatic rings. The van der Waals surface area contributed by atoms with Crippen LogP contribution in [0.1, 0.15) is 35.2 Å². The fraction of sp³-hybridized carbons (Fsp3) is 0.333. The van der Waals surface area contributed by atoms with E-state index in [9.17, 15) is 18.0 Å². The third-order valence-electron chi connectivity index (χ3n) is 4.70. The van der Waals surface area contributed by atoms with Crippen LogP contribution in [0, 0.1) is 12.8 Å². The highest BCUT2D eigenvalue weighted by Gasteiger charge is 2.38. The number of hydrogen-bond donors (Lipinski definition) is 0. The van der Waals surface area contributed by atoms with E-state index in [-0.39, 0.29) is 5.02 Å². The van der Waals surface area contributed by atoms with Crippen molar-refractivity contribution in [2.24, 2.45) is 5.92 Å².